The number of aromatic nitrogens is 2. The van der Waals surface area contributed by atoms with Crippen molar-refractivity contribution in [2.45, 2.75) is 72.6 Å². The Bertz CT molecular complexity index is 438. The van der Waals surface area contributed by atoms with Gasteiger partial charge in [0.05, 0.1) is 11.4 Å². The summed E-state index contributed by atoms with van der Waals surface area (Å²) in [6, 6.07) is 3.52. The molecular weight excluding hydrogens is 260 g/mol. The number of piperazine rings is 1. The molecule has 1 aromatic rings. The molecule has 1 saturated heterocycles. The molecule has 0 radical (unpaired) electrons. The molecule has 1 fully saturated rings. The van der Waals surface area contributed by atoms with Crippen LogP contribution in [0.15, 0.2) is 6.07 Å². The van der Waals surface area contributed by atoms with Crippen molar-refractivity contribution in [3.63, 3.8) is 0 Å². The quantitative estimate of drug-likeness (QED) is 0.875. The number of hydrogen-bond acceptors (Lipinski definition) is 3. The lowest BCUT2D eigenvalue weighted by atomic mass is 9.99. The van der Waals surface area contributed by atoms with Crippen LogP contribution in [-0.4, -0.2) is 39.9 Å². The molecule has 4 heteroatoms. The second kappa shape index (κ2) is 7.41. The molecule has 0 amide bonds. The second-order valence-electron chi connectivity index (χ2n) is 6.82. The van der Waals surface area contributed by atoms with Crippen molar-refractivity contribution in [2.75, 3.05) is 13.1 Å². The fourth-order valence-corrected chi connectivity index (χ4v) is 3.30. The van der Waals surface area contributed by atoms with Crippen LogP contribution in [0.2, 0.25) is 0 Å². The van der Waals surface area contributed by atoms with Crippen LogP contribution in [0, 0.1) is 5.92 Å². The van der Waals surface area contributed by atoms with E-state index in [1.54, 1.807) is 0 Å². The van der Waals surface area contributed by atoms with Gasteiger partial charge in [0, 0.05) is 38.3 Å². The molecule has 1 aromatic heterocycles. The monoisotopic (exact) mass is 292 g/mol. The second-order valence-corrected chi connectivity index (χ2v) is 6.82. The summed E-state index contributed by atoms with van der Waals surface area (Å²) in [5, 5.41) is 8.33. The molecule has 0 bridgehead atoms. The Labute approximate surface area is 129 Å². The highest BCUT2D eigenvalue weighted by molar-refractivity contribution is 5.11. The van der Waals surface area contributed by atoms with Crippen molar-refractivity contribution in [1.29, 1.82) is 0 Å². The summed E-state index contributed by atoms with van der Waals surface area (Å²) >= 11 is 0. The summed E-state index contributed by atoms with van der Waals surface area (Å²) in [6.07, 6.45) is 2.29. The van der Waals surface area contributed by atoms with E-state index in [4.69, 9.17) is 5.10 Å². The molecule has 0 spiro atoms. The maximum atomic E-state index is 4.69. The van der Waals surface area contributed by atoms with E-state index in [1.807, 2.05) is 0 Å². The number of hydrogen-bond donors (Lipinski definition) is 1. The highest BCUT2D eigenvalue weighted by Crippen LogP contribution is 2.19. The van der Waals surface area contributed by atoms with Crippen molar-refractivity contribution in [3.8, 4) is 0 Å². The summed E-state index contributed by atoms with van der Waals surface area (Å²) in [5.74, 6) is 0.745. The lowest BCUT2D eigenvalue weighted by molar-refractivity contribution is 0.108. The minimum Gasteiger partial charge on any atom is -0.311 e. The van der Waals surface area contributed by atoms with E-state index < -0.39 is 0 Å². The first-order valence-electron chi connectivity index (χ1n) is 8.56. The van der Waals surface area contributed by atoms with Gasteiger partial charge in [-0.2, -0.15) is 5.10 Å². The fourth-order valence-electron chi connectivity index (χ4n) is 3.30. The van der Waals surface area contributed by atoms with Gasteiger partial charge in [0.15, 0.2) is 0 Å². The molecule has 21 heavy (non-hydrogen) atoms. The Hall–Kier alpha value is -0.870. The Morgan fingerprint density at radius 1 is 1.38 bits per heavy atom. The Kier molecular flexibility index (Phi) is 5.82. The molecule has 1 N–H and O–H groups in total. The van der Waals surface area contributed by atoms with Gasteiger partial charge in [-0.3, -0.25) is 9.58 Å². The Morgan fingerprint density at radius 2 is 2.14 bits per heavy atom. The lowest BCUT2D eigenvalue weighted by Gasteiger charge is -2.40. The van der Waals surface area contributed by atoms with Gasteiger partial charge < -0.3 is 5.32 Å². The molecule has 1 aliphatic heterocycles. The molecular formula is C17H32N4. The van der Waals surface area contributed by atoms with Crippen LogP contribution in [0.4, 0.5) is 0 Å². The van der Waals surface area contributed by atoms with Gasteiger partial charge in [-0.25, -0.2) is 0 Å². The van der Waals surface area contributed by atoms with Crippen LogP contribution < -0.4 is 5.32 Å². The molecule has 2 atom stereocenters. The van der Waals surface area contributed by atoms with E-state index in [1.165, 1.54) is 17.8 Å². The minimum absolute atomic E-state index is 0.581. The summed E-state index contributed by atoms with van der Waals surface area (Å²) in [7, 11) is 0. The summed E-state index contributed by atoms with van der Waals surface area (Å²) in [5.41, 5.74) is 2.59. The number of aryl methyl sites for hydroxylation is 2. The molecule has 2 rings (SSSR count). The van der Waals surface area contributed by atoms with E-state index in [-0.39, 0.29) is 0 Å². The first-order chi connectivity index (χ1) is 10.0. The summed E-state index contributed by atoms with van der Waals surface area (Å²) < 4.78 is 2.18. The van der Waals surface area contributed by atoms with Crippen molar-refractivity contribution < 1.29 is 0 Å². The van der Waals surface area contributed by atoms with Gasteiger partial charge in [-0.15, -0.1) is 0 Å². The zero-order valence-electron chi connectivity index (χ0n) is 14.4. The summed E-state index contributed by atoms with van der Waals surface area (Å²) in [6.45, 7) is 15.5. The molecule has 2 unspecified atom stereocenters. The number of nitrogens with one attached hydrogen (secondary N) is 1. The van der Waals surface area contributed by atoms with Crippen molar-refractivity contribution in [2.24, 2.45) is 5.92 Å². The van der Waals surface area contributed by atoms with E-state index in [0.29, 0.717) is 12.1 Å². The van der Waals surface area contributed by atoms with Crippen molar-refractivity contribution in [3.05, 3.63) is 17.5 Å². The average molecular weight is 292 g/mol. The van der Waals surface area contributed by atoms with Gasteiger partial charge in [0.25, 0.3) is 0 Å². The van der Waals surface area contributed by atoms with E-state index in [2.05, 4.69) is 55.6 Å². The van der Waals surface area contributed by atoms with E-state index in [9.17, 15) is 0 Å². The minimum atomic E-state index is 0.581. The molecule has 0 saturated carbocycles. The zero-order chi connectivity index (χ0) is 15.4. The standard InChI is InChI=1S/C17H32N4/c1-6-15-9-17(21(7-2)19-15)12-20-11-14(5)18-10-16(20)8-13(3)4/h9,13-14,16,18H,6-8,10-12H2,1-5H3. The van der Waals surface area contributed by atoms with Gasteiger partial charge in [0.1, 0.15) is 0 Å². The zero-order valence-corrected chi connectivity index (χ0v) is 14.4. The Morgan fingerprint density at radius 3 is 2.76 bits per heavy atom. The van der Waals surface area contributed by atoms with E-state index in [0.717, 1.165) is 38.5 Å². The van der Waals surface area contributed by atoms with Crippen LogP contribution >= 0.6 is 0 Å². The molecule has 0 aromatic carbocycles. The molecule has 1 aliphatic rings. The van der Waals surface area contributed by atoms with Crippen LogP contribution in [0.3, 0.4) is 0 Å². The van der Waals surface area contributed by atoms with Gasteiger partial charge in [0.2, 0.25) is 0 Å². The first-order valence-corrected chi connectivity index (χ1v) is 8.56. The molecule has 0 aliphatic carbocycles. The third kappa shape index (κ3) is 4.30. The highest BCUT2D eigenvalue weighted by atomic mass is 15.3. The predicted molar refractivity (Wildman–Crippen MR) is 88.4 cm³/mol. The predicted octanol–water partition coefficient (Wildman–Crippen LogP) is 2.67. The highest BCUT2D eigenvalue weighted by Gasteiger charge is 2.27. The molecule has 4 nitrogen and oxygen atoms in total. The lowest BCUT2D eigenvalue weighted by Crippen LogP contribution is -2.55. The van der Waals surface area contributed by atoms with Crippen LogP contribution in [0.5, 0.6) is 0 Å². The SMILES string of the molecule is CCc1cc(CN2CC(C)NCC2CC(C)C)n(CC)n1. The Balaban J connectivity index is 2.11. The van der Waals surface area contributed by atoms with Gasteiger partial charge >= 0.3 is 0 Å². The van der Waals surface area contributed by atoms with Crippen molar-refractivity contribution in [1.82, 2.24) is 20.0 Å². The third-order valence-electron chi connectivity index (χ3n) is 4.41. The average Bonchev–Trinajstić information content (AvgIpc) is 2.83. The number of rotatable bonds is 6. The van der Waals surface area contributed by atoms with Crippen LogP contribution in [-0.2, 0) is 19.5 Å². The van der Waals surface area contributed by atoms with Gasteiger partial charge in [-0.05, 0) is 38.7 Å². The van der Waals surface area contributed by atoms with Crippen LogP contribution in [0.25, 0.3) is 0 Å². The fraction of sp³-hybridized carbons (Fsp3) is 0.824. The normalized spacial score (nSPS) is 23.9. The van der Waals surface area contributed by atoms with Gasteiger partial charge in [-0.1, -0.05) is 20.8 Å². The van der Waals surface area contributed by atoms with Crippen LogP contribution in [0.1, 0.15) is 52.4 Å². The largest absolute Gasteiger partial charge is 0.311 e. The summed E-state index contributed by atoms with van der Waals surface area (Å²) in [4.78, 5) is 2.66. The van der Waals surface area contributed by atoms with Crippen molar-refractivity contribution >= 4 is 0 Å². The smallest absolute Gasteiger partial charge is 0.0625 e. The molecule has 2 heterocycles. The number of nitrogens with zero attached hydrogens (tertiary/aromatic N) is 3. The van der Waals surface area contributed by atoms with E-state index >= 15 is 0 Å². The maximum absolute atomic E-state index is 4.69. The first kappa shape index (κ1) is 16.5. The molecule has 120 valence electrons. The third-order valence-corrected chi connectivity index (χ3v) is 4.41. The maximum Gasteiger partial charge on any atom is 0.0625 e. The topological polar surface area (TPSA) is 33.1 Å².